The summed E-state index contributed by atoms with van der Waals surface area (Å²) < 4.78 is 11.5. The number of hydrogen-bond acceptors (Lipinski definition) is 4. The van der Waals surface area contributed by atoms with Gasteiger partial charge in [-0.3, -0.25) is 9.59 Å². The van der Waals surface area contributed by atoms with Gasteiger partial charge in [0.2, 0.25) is 11.8 Å². The van der Waals surface area contributed by atoms with Gasteiger partial charge in [0.1, 0.15) is 6.61 Å². The molecule has 0 saturated carbocycles. The number of ether oxygens (including phenoxy) is 2. The normalized spacial score (nSPS) is 13.9. The lowest BCUT2D eigenvalue weighted by Gasteiger charge is -2.32. The van der Waals surface area contributed by atoms with Gasteiger partial charge in [-0.25, -0.2) is 0 Å². The van der Waals surface area contributed by atoms with Gasteiger partial charge < -0.3 is 19.3 Å². The van der Waals surface area contributed by atoms with Crippen molar-refractivity contribution in [2.75, 3.05) is 27.2 Å². The van der Waals surface area contributed by atoms with Crippen molar-refractivity contribution in [3.63, 3.8) is 0 Å². The van der Waals surface area contributed by atoms with Gasteiger partial charge in [-0.05, 0) is 47.7 Å². The maximum absolute atomic E-state index is 13.1. The van der Waals surface area contributed by atoms with Crippen molar-refractivity contribution in [2.24, 2.45) is 5.92 Å². The van der Waals surface area contributed by atoms with Crippen LogP contribution in [0.25, 0.3) is 6.08 Å². The monoisotopic (exact) mass is 498 g/mol. The van der Waals surface area contributed by atoms with E-state index in [2.05, 4.69) is 0 Å². The molecule has 0 radical (unpaired) electrons. The SMILES string of the molecule is COc1cc(CN(C)C(=O)C2CCN(C(=O)C=Cc3ccccc3)CC2)ccc1OCc1ccccc1. The minimum atomic E-state index is -0.0810. The Hall–Kier alpha value is -4.06. The van der Waals surface area contributed by atoms with E-state index in [1.807, 2.05) is 96.9 Å². The Balaban J connectivity index is 1.27. The van der Waals surface area contributed by atoms with Crippen LogP contribution in [0, 0.1) is 5.92 Å². The van der Waals surface area contributed by atoms with Crippen LogP contribution < -0.4 is 9.47 Å². The van der Waals surface area contributed by atoms with Crippen LogP contribution >= 0.6 is 0 Å². The van der Waals surface area contributed by atoms with E-state index in [1.54, 1.807) is 18.1 Å². The molecule has 0 atom stereocenters. The third-order valence-corrected chi connectivity index (χ3v) is 6.63. The highest BCUT2D eigenvalue weighted by atomic mass is 16.5. The number of carbonyl (C=O) groups excluding carboxylic acids is 2. The van der Waals surface area contributed by atoms with Crippen LogP contribution in [-0.4, -0.2) is 48.9 Å². The summed E-state index contributed by atoms with van der Waals surface area (Å²) in [6, 6.07) is 25.5. The molecular formula is C31H34N2O4. The van der Waals surface area contributed by atoms with Crippen LogP contribution in [0.15, 0.2) is 84.9 Å². The van der Waals surface area contributed by atoms with E-state index in [9.17, 15) is 9.59 Å². The lowest BCUT2D eigenvalue weighted by atomic mass is 9.95. The predicted molar refractivity (Wildman–Crippen MR) is 145 cm³/mol. The number of carbonyl (C=O) groups is 2. The average Bonchev–Trinajstić information content (AvgIpc) is 2.95. The Morgan fingerprint density at radius 1 is 0.919 bits per heavy atom. The summed E-state index contributed by atoms with van der Waals surface area (Å²) in [5.41, 5.74) is 3.05. The third-order valence-electron chi connectivity index (χ3n) is 6.63. The van der Waals surface area contributed by atoms with E-state index in [-0.39, 0.29) is 17.7 Å². The van der Waals surface area contributed by atoms with Gasteiger partial charge in [0, 0.05) is 38.7 Å². The van der Waals surface area contributed by atoms with E-state index < -0.39 is 0 Å². The lowest BCUT2D eigenvalue weighted by molar-refractivity contribution is -0.138. The number of amides is 2. The predicted octanol–water partition coefficient (Wildman–Crippen LogP) is 5.18. The molecule has 0 aliphatic carbocycles. The highest BCUT2D eigenvalue weighted by Gasteiger charge is 2.28. The molecule has 0 unspecified atom stereocenters. The number of benzene rings is 3. The third kappa shape index (κ3) is 7.23. The summed E-state index contributed by atoms with van der Waals surface area (Å²) >= 11 is 0. The van der Waals surface area contributed by atoms with Gasteiger partial charge in [0.15, 0.2) is 11.5 Å². The Kier molecular flexibility index (Phi) is 8.98. The molecule has 3 aromatic carbocycles. The quantitative estimate of drug-likeness (QED) is 0.381. The van der Waals surface area contributed by atoms with Crippen molar-refractivity contribution in [1.82, 2.24) is 9.80 Å². The second-order valence-corrected chi connectivity index (χ2v) is 9.30. The number of piperidine rings is 1. The van der Waals surface area contributed by atoms with Crippen LogP contribution in [0.3, 0.4) is 0 Å². The van der Waals surface area contributed by atoms with E-state index in [0.717, 1.165) is 16.7 Å². The first-order chi connectivity index (χ1) is 18.0. The zero-order valence-electron chi connectivity index (χ0n) is 21.5. The number of methoxy groups -OCH3 is 1. The first kappa shape index (κ1) is 26.0. The summed E-state index contributed by atoms with van der Waals surface area (Å²) in [6.07, 6.45) is 4.79. The average molecular weight is 499 g/mol. The number of rotatable bonds is 9. The second-order valence-electron chi connectivity index (χ2n) is 9.30. The van der Waals surface area contributed by atoms with E-state index in [0.29, 0.717) is 50.6 Å². The molecule has 1 saturated heterocycles. The summed E-state index contributed by atoms with van der Waals surface area (Å²) in [6.45, 7) is 2.11. The fraction of sp³-hybridized carbons (Fsp3) is 0.290. The second kappa shape index (κ2) is 12.8. The van der Waals surface area contributed by atoms with Crippen molar-refractivity contribution < 1.29 is 19.1 Å². The minimum Gasteiger partial charge on any atom is -0.493 e. The maximum Gasteiger partial charge on any atom is 0.246 e. The fourth-order valence-electron chi connectivity index (χ4n) is 4.51. The van der Waals surface area contributed by atoms with Crippen molar-refractivity contribution in [2.45, 2.75) is 26.0 Å². The van der Waals surface area contributed by atoms with Crippen LogP contribution in [0.4, 0.5) is 0 Å². The van der Waals surface area contributed by atoms with Gasteiger partial charge in [-0.1, -0.05) is 66.7 Å². The summed E-state index contributed by atoms with van der Waals surface area (Å²) in [5.74, 6) is 1.33. The molecule has 192 valence electrons. The first-order valence-corrected chi connectivity index (χ1v) is 12.6. The van der Waals surface area contributed by atoms with Gasteiger partial charge >= 0.3 is 0 Å². The van der Waals surface area contributed by atoms with E-state index in [1.165, 1.54) is 0 Å². The molecule has 6 heteroatoms. The number of likely N-dealkylation sites (tertiary alicyclic amines) is 1. The molecule has 0 spiro atoms. The summed E-state index contributed by atoms with van der Waals surface area (Å²) in [7, 11) is 3.45. The molecule has 0 N–H and O–H groups in total. The van der Waals surface area contributed by atoms with E-state index in [4.69, 9.17) is 9.47 Å². The molecule has 3 aromatic rings. The van der Waals surface area contributed by atoms with Gasteiger partial charge in [0.25, 0.3) is 0 Å². The zero-order chi connectivity index (χ0) is 26.0. The first-order valence-electron chi connectivity index (χ1n) is 12.6. The highest BCUT2D eigenvalue weighted by Crippen LogP contribution is 2.30. The Labute approximate surface area is 219 Å². The molecule has 2 amide bonds. The number of hydrogen-bond donors (Lipinski definition) is 0. The van der Waals surface area contributed by atoms with Gasteiger partial charge in [-0.15, -0.1) is 0 Å². The van der Waals surface area contributed by atoms with Gasteiger partial charge in [0.05, 0.1) is 7.11 Å². The van der Waals surface area contributed by atoms with E-state index >= 15 is 0 Å². The van der Waals surface area contributed by atoms with Crippen LogP contribution in [0.5, 0.6) is 11.5 Å². The topological polar surface area (TPSA) is 59.1 Å². The zero-order valence-corrected chi connectivity index (χ0v) is 21.5. The smallest absolute Gasteiger partial charge is 0.246 e. The van der Waals surface area contributed by atoms with Crippen LogP contribution in [0.1, 0.15) is 29.5 Å². The minimum absolute atomic E-state index is 0.00947. The van der Waals surface area contributed by atoms with Crippen LogP contribution in [-0.2, 0) is 22.7 Å². The Morgan fingerprint density at radius 2 is 1.59 bits per heavy atom. The largest absolute Gasteiger partial charge is 0.493 e. The highest BCUT2D eigenvalue weighted by molar-refractivity contribution is 5.92. The van der Waals surface area contributed by atoms with Crippen molar-refractivity contribution in [3.8, 4) is 11.5 Å². The Morgan fingerprint density at radius 3 is 2.27 bits per heavy atom. The molecule has 1 aliphatic rings. The van der Waals surface area contributed by atoms with Crippen molar-refractivity contribution in [3.05, 3.63) is 102 Å². The molecule has 0 bridgehead atoms. The summed E-state index contributed by atoms with van der Waals surface area (Å²) in [4.78, 5) is 29.3. The Bertz CT molecular complexity index is 1200. The molecular weight excluding hydrogens is 464 g/mol. The molecule has 6 nitrogen and oxygen atoms in total. The maximum atomic E-state index is 13.1. The summed E-state index contributed by atoms with van der Waals surface area (Å²) in [5, 5.41) is 0. The van der Waals surface area contributed by atoms with Crippen molar-refractivity contribution in [1.29, 1.82) is 0 Å². The number of nitrogens with zero attached hydrogens (tertiary/aromatic N) is 2. The van der Waals surface area contributed by atoms with Crippen molar-refractivity contribution >= 4 is 17.9 Å². The molecule has 1 fully saturated rings. The standard InChI is InChI=1S/C31H34N2O4/c1-32(22-26-13-15-28(29(21-26)36-2)37-23-25-11-7-4-8-12-25)31(35)27-17-19-33(20-18-27)30(34)16-14-24-9-5-3-6-10-24/h3-16,21,27H,17-20,22-23H2,1-2H3. The fourth-order valence-corrected chi connectivity index (χ4v) is 4.51. The molecule has 1 aliphatic heterocycles. The molecule has 4 rings (SSSR count). The lowest BCUT2D eigenvalue weighted by Crippen LogP contribution is -2.42. The molecule has 0 aromatic heterocycles. The molecule has 1 heterocycles. The molecule has 37 heavy (non-hydrogen) atoms. The van der Waals surface area contributed by atoms with Gasteiger partial charge in [-0.2, -0.15) is 0 Å². The van der Waals surface area contributed by atoms with Crippen LogP contribution in [0.2, 0.25) is 0 Å².